The smallest absolute Gasteiger partial charge is 0.209 e. The topological polar surface area (TPSA) is 6.25 Å². The summed E-state index contributed by atoms with van der Waals surface area (Å²) in [7, 11) is 2.23. The van der Waals surface area contributed by atoms with Crippen molar-refractivity contribution >= 4 is 27.9 Å². The Morgan fingerprint density at radius 3 is 2.54 bits per heavy atom. The molecule has 0 N–H and O–H groups in total. The minimum atomic E-state index is -0.0964. The highest BCUT2D eigenvalue weighted by atomic mass is 15.2. The summed E-state index contributed by atoms with van der Waals surface area (Å²) in [5.41, 5.74) is 9.48. The summed E-state index contributed by atoms with van der Waals surface area (Å²) in [6.45, 7) is 14.8. The van der Waals surface area contributed by atoms with Gasteiger partial charge in [0.05, 0.1) is 5.41 Å². The molecule has 0 amide bonds. The van der Waals surface area contributed by atoms with E-state index in [1.54, 1.807) is 0 Å². The molecular weight excluding hydrogens is 448 g/mol. The van der Waals surface area contributed by atoms with E-state index in [2.05, 4.69) is 143 Å². The van der Waals surface area contributed by atoms with Gasteiger partial charge in [-0.2, -0.15) is 4.58 Å². The van der Waals surface area contributed by atoms with Gasteiger partial charge in [-0.1, -0.05) is 67.1 Å². The van der Waals surface area contributed by atoms with Crippen molar-refractivity contribution in [2.24, 2.45) is 0 Å². The van der Waals surface area contributed by atoms with Crippen LogP contribution in [-0.4, -0.2) is 23.9 Å². The van der Waals surface area contributed by atoms with Gasteiger partial charge in [0, 0.05) is 48.0 Å². The largest absolute Gasteiger partial charge is 0.347 e. The van der Waals surface area contributed by atoms with Crippen LogP contribution in [0.4, 0.5) is 11.4 Å². The Morgan fingerprint density at radius 2 is 1.78 bits per heavy atom. The van der Waals surface area contributed by atoms with Gasteiger partial charge in [-0.3, -0.25) is 0 Å². The first-order chi connectivity index (χ1) is 17.7. The zero-order valence-electron chi connectivity index (χ0n) is 23.6. The maximum Gasteiger partial charge on any atom is 0.209 e. The summed E-state index contributed by atoms with van der Waals surface area (Å²) in [6, 6.07) is 20.3. The third-order valence-electron chi connectivity index (χ3n) is 8.51. The van der Waals surface area contributed by atoms with Crippen LogP contribution in [0.15, 0.2) is 90.7 Å². The predicted molar refractivity (Wildman–Crippen MR) is 161 cm³/mol. The molecule has 2 heteroatoms. The maximum absolute atomic E-state index is 2.53. The highest BCUT2D eigenvalue weighted by molar-refractivity contribution is 6.03. The molecule has 5 rings (SSSR count). The Balaban J connectivity index is 1.62. The van der Waals surface area contributed by atoms with Gasteiger partial charge in [0.1, 0.15) is 6.54 Å². The first kappa shape index (κ1) is 25.3. The van der Waals surface area contributed by atoms with Gasteiger partial charge in [-0.05, 0) is 75.6 Å². The fourth-order valence-corrected chi connectivity index (χ4v) is 6.59. The molecule has 0 aromatic heterocycles. The molecule has 2 heterocycles. The van der Waals surface area contributed by atoms with Gasteiger partial charge in [0.15, 0.2) is 5.71 Å². The summed E-state index contributed by atoms with van der Waals surface area (Å²) >= 11 is 0. The van der Waals surface area contributed by atoms with Crippen LogP contribution >= 0.6 is 0 Å². The molecule has 0 saturated carbocycles. The minimum absolute atomic E-state index is 0.0273. The molecule has 2 nitrogen and oxygen atoms in total. The molecule has 0 saturated heterocycles. The monoisotopic (exact) mass is 489 g/mol. The van der Waals surface area contributed by atoms with Gasteiger partial charge in [-0.15, -0.1) is 0 Å². The molecule has 190 valence electrons. The van der Waals surface area contributed by atoms with Crippen molar-refractivity contribution in [2.75, 3.05) is 18.5 Å². The molecule has 0 fully saturated rings. The van der Waals surface area contributed by atoms with Crippen molar-refractivity contribution in [3.05, 3.63) is 107 Å². The summed E-state index contributed by atoms with van der Waals surface area (Å²) in [4.78, 5) is 2.40. The van der Waals surface area contributed by atoms with E-state index in [1.165, 1.54) is 50.2 Å². The first-order valence-corrected chi connectivity index (χ1v) is 13.8. The Bertz CT molecular complexity index is 1480. The summed E-state index contributed by atoms with van der Waals surface area (Å²) in [6.07, 6.45) is 13.6. The van der Waals surface area contributed by atoms with Crippen molar-refractivity contribution in [3.63, 3.8) is 0 Å². The molecule has 0 bridgehead atoms. The second-order valence-electron chi connectivity index (χ2n) is 11.4. The lowest BCUT2D eigenvalue weighted by Gasteiger charge is -2.28. The van der Waals surface area contributed by atoms with Gasteiger partial charge in [0.2, 0.25) is 5.69 Å². The van der Waals surface area contributed by atoms with Crippen molar-refractivity contribution < 1.29 is 4.58 Å². The number of nitrogens with zero attached hydrogens (tertiary/aromatic N) is 2. The molecule has 1 atom stereocenters. The van der Waals surface area contributed by atoms with E-state index in [-0.39, 0.29) is 10.8 Å². The van der Waals surface area contributed by atoms with Crippen LogP contribution in [0.3, 0.4) is 0 Å². The van der Waals surface area contributed by atoms with Crippen molar-refractivity contribution in [2.45, 2.75) is 65.2 Å². The normalized spacial score (nSPS) is 21.7. The third kappa shape index (κ3) is 3.98. The average Bonchev–Trinajstić information content (AvgIpc) is 3.23. The maximum atomic E-state index is 2.53. The Hall–Kier alpha value is -3.39. The fraction of sp³-hybridized carbons (Fsp3) is 0.343. The number of hydrogen-bond donors (Lipinski definition) is 0. The zero-order chi connectivity index (χ0) is 26.4. The van der Waals surface area contributed by atoms with Gasteiger partial charge in [-0.25, -0.2) is 0 Å². The SMILES string of the molecule is C/C=C/CC1(C)C(=CC=CC2=[N+](CCC)c3ccc(C)cc3C2(C)C)N(C)c2ccc3ccccc3c21. The number of anilines is 1. The van der Waals surface area contributed by atoms with Crippen LogP contribution in [0.1, 0.15) is 64.2 Å². The van der Waals surface area contributed by atoms with Crippen LogP contribution in [-0.2, 0) is 10.8 Å². The third-order valence-corrected chi connectivity index (χ3v) is 8.51. The second kappa shape index (κ2) is 9.49. The highest BCUT2D eigenvalue weighted by Gasteiger charge is 2.45. The fourth-order valence-electron chi connectivity index (χ4n) is 6.59. The molecular formula is C35H41N2+. The predicted octanol–water partition coefficient (Wildman–Crippen LogP) is 8.75. The number of aryl methyl sites for hydroxylation is 1. The molecule has 2 aliphatic heterocycles. The molecule has 1 unspecified atom stereocenters. The standard InChI is InChI=1S/C35H41N2/c1-8-10-22-35(6)32(36(7)30-21-19-26-14-11-12-15-27(26)33(30)35)17-13-16-31-34(4,5)28-24-25(3)18-20-29(28)37(31)23-9-2/h8,10-21,24H,9,22-23H2,1-7H3/q+1/b10-8+. The first-order valence-electron chi connectivity index (χ1n) is 13.8. The van der Waals surface area contributed by atoms with E-state index in [1.807, 2.05) is 0 Å². The molecule has 3 aromatic carbocycles. The van der Waals surface area contributed by atoms with Gasteiger partial charge < -0.3 is 4.90 Å². The van der Waals surface area contributed by atoms with E-state index < -0.39 is 0 Å². The molecule has 0 aliphatic carbocycles. The second-order valence-corrected chi connectivity index (χ2v) is 11.4. The van der Waals surface area contributed by atoms with E-state index in [9.17, 15) is 0 Å². The molecule has 2 aliphatic rings. The summed E-state index contributed by atoms with van der Waals surface area (Å²) < 4.78 is 2.53. The van der Waals surface area contributed by atoms with E-state index in [0.717, 1.165) is 19.4 Å². The zero-order valence-corrected chi connectivity index (χ0v) is 23.6. The van der Waals surface area contributed by atoms with Crippen LogP contribution in [0.25, 0.3) is 10.8 Å². The van der Waals surface area contributed by atoms with Crippen molar-refractivity contribution in [3.8, 4) is 0 Å². The highest BCUT2D eigenvalue weighted by Crippen LogP contribution is 2.52. The Kier molecular flexibility index (Phi) is 6.48. The number of likely N-dealkylation sites (N-methyl/N-ethyl adjacent to an activating group) is 1. The van der Waals surface area contributed by atoms with Gasteiger partial charge in [0.25, 0.3) is 0 Å². The van der Waals surface area contributed by atoms with Crippen LogP contribution in [0.2, 0.25) is 0 Å². The van der Waals surface area contributed by atoms with Crippen LogP contribution < -0.4 is 4.90 Å². The number of hydrogen-bond acceptors (Lipinski definition) is 1. The summed E-state index contributed by atoms with van der Waals surface area (Å²) in [5.74, 6) is 0. The number of rotatable bonds is 6. The van der Waals surface area contributed by atoms with Crippen molar-refractivity contribution in [1.82, 2.24) is 0 Å². The molecule has 0 radical (unpaired) electrons. The minimum Gasteiger partial charge on any atom is -0.347 e. The lowest BCUT2D eigenvalue weighted by molar-refractivity contribution is -0.437. The van der Waals surface area contributed by atoms with Crippen LogP contribution in [0, 0.1) is 6.92 Å². The Morgan fingerprint density at radius 1 is 1.00 bits per heavy atom. The van der Waals surface area contributed by atoms with Crippen molar-refractivity contribution in [1.29, 1.82) is 0 Å². The molecule has 3 aromatic rings. The molecule has 37 heavy (non-hydrogen) atoms. The summed E-state index contributed by atoms with van der Waals surface area (Å²) in [5, 5.41) is 2.67. The van der Waals surface area contributed by atoms with Crippen LogP contribution in [0.5, 0.6) is 0 Å². The quantitative estimate of drug-likeness (QED) is 0.248. The lowest BCUT2D eigenvalue weighted by atomic mass is 9.76. The van der Waals surface area contributed by atoms with E-state index in [4.69, 9.17) is 0 Å². The molecule has 0 spiro atoms. The van der Waals surface area contributed by atoms with E-state index in [0.29, 0.717) is 0 Å². The number of benzene rings is 3. The lowest BCUT2D eigenvalue weighted by Crippen LogP contribution is -2.28. The number of allylic oxidation sites excluding steroid dienone is 6. The van der Waals surface area contributed by atoms with E-state index >= 15 is 0 Å². The average molecular weight is 490 g/mol. The van der Waals surface area contributed by atoms with Gasteiger partial charge >= 0.3 is 0 Å². The Labute approximate surface area is 223 Å². The number of fused-ring (bicyclic) bond motifs is 4.